The van der Waals surface area contributed by atoms with Crippen molar-refractivity contribution in [2.45, 2.75) is 19.9 Å². The molecule has 0 bridgehead atoms. The van der Waals surface area contributed by atoms with Crippen LogP contribution in [-0.2, 0) is 6.54 Å². The maximum Gasteiger partial charge on any atom is 0.167 e. The number of imidazole rings is 1. The van der Waals surface area contributed by atoms with E-state index < -0.39 is 0 Å². The highest BCUT2D eigenvalue weighted by atomic mass is 32.2. The number of rotatable bonds is 6. The van der Waals surface area contributed by atoms with Crippen molar-refractivity contribution in [3.63, 3.8) is 0 Å². The summed E-state index contributed by atoms with van der Waals surface area (Å²) in [5.74, 6) is 3.07. The molecule has 0 radical (unpaired) electrons. The van der Waals surface area contributed by atoms with Crippen molar-refractivity contribution >= 4 is 29.0 Å². The van der Waals surface area contributed by atoms with Gasteiger partial charge in [0.25, 0.3) is 0 Å². The summed E-state index contributed by atoms with van der Waals surface area (Å²) in [6.07, 6.45) is 4.79. The summed E-state index contributed by atoms with van der Waals surface area (Å²) in [6.45, 7) is 3.11. The van der Waals surface area contributed by atoms with E-state index in [-0.39, 0.29) is 0 Å². The van der Waals surface area contributed by atoms with E-state index in [0.717, 1.165) is 18.8 Å². The van der Waals surface area contributed by atoms with E-state index in [2.05, 4.69) is 11.9 Å². The van der Waals surface area contributed by atoms with E-state index in [1.165, 1.54) is 11.5 Å². The van der Waals surface area contributed by atoms with Gasteiger partial charge in [-0.2, -0.15) is 11.8 Å². The topological polar surface area (TPSA) is 43.8 Å². The lowest BCUT2D eigenvalue weighted by molar-refractivity contribution is 0.678. The number of hydrogen-bond donors (Lipinski definition) is 1. The molecule has 78 valence electrons. The summed E-state index contributed by atoms with van der Waals surface area (Å²) in [6, 6.07) is 0. The number of thiocarbonyl (C=S) groups is 1. The average Bonchev–Trinajstić information content (AvgIpc) is 2.60. The third-order valence-electron chi connectivity index (χ3n) is 1.83. The van der Waals surface area contributed by atoms with Gasteiger partial charge in [-0.3, -0.25) is 0 Å². The summed E-state index contributed by atoms with van der Waals surface area (Å²) in [5, 5.41) is 0. The molecule has 14 heavy (non-hydrogen) atoms. The Balaban J connectivity index is 2.42. The maximum absolute atomic E-state index is 5.53. The number of aryl methyl sites for hydroxylation is 1. The number of aromatic nitrogens is 2. The molecule has 0 unspecified atom stereocenters. The summed E-state index contributed by atoms with van der Waals surface area (Å²) in [7, 11) is 0. The molecule has 1 aromatic heterocycles. The Morgan fingerprint density at radius 2 is 2.50 bits per heavy atom. The van der Waals surface area contributed by atoms with Crippen LogP contribution >= 0.6 is 24.0 Å². The second-order valence-electron chi connectivity index (χ2n) is 2.86. The molecular weight excluding hydrogens is 214 g/mol. The highest BCUT2D eigenvalue weighted by molar-refractivity contribution is 7.99. The zero-order chi connectivity index (χ0) is 10.4. The van der Waals surface area contributed by atoms with Crippen LogP contribution in [-0.4, -0.2) is 26.0 Å². The molecule has 0 saturated carbocycles. The quantitative estimate of drug-likeness (QED) is 0.595. The predicted molar refractivity (Wildman–Crippen MR) is 65.7 cm³/mol. The summed E-state index contributed by atoms with van der Waals surface area (Å²) in [5.41, 5.74) is 5.53. The summed E-state index contributed by atoms with van der Waals surface area (Å²) < 4.78 is 2.01. The van der Waals surface area contributed by atoms with Crippen LogP contribution in [0.5, 0.6) is 0 Å². The third-order valence-corrected chi connectivity index (χ3v) is 3.00. The monoisotopic (exact) mass is 229 g/mol. The zero-order valence-electron chi connectivity index (χ0n) is 8.27. The molecule has 0 aliphatic carbocycles. The van der Waals surface area contributed by atoms with Gasteiger partial charge in [0, 0.05) is 18.9 Å². The van der Waals surface area contributed by atoms with Crippen molar-refractivity contribution in [3.05, 3.63) is 18.2 Å². The highest BCUT2D eigenvalue weighted by Gasteiger charge is 2.03. The Labute approximate surface area is 94.1 Å². The summed E-state index contributed by atoms with van der Waals surface area (Å²) >= 11 is 6.84. The first-order valence-electron chi connectivity index (χ1n) is 4.64. The van der Waals surface area contributed by atoms with Gasteiger partial charge in [0.1, 0.15) is 4.99 Å². The van der Waals surface area contributed by atoms with E-state index in [0.29, 0.717) is 4.99 Å². The number of thioether (sulfide) groups is 1. The molecule has 0 aliphatic rings. The van der Waals surface area contributed by atoms with Crippen LogP contribution < -0.4 is 5.73 Å². The SMILES string of the molecule is CCSCCCn1ccnc1C(N)=S. The number of hydrogen-bond acceptors (Lipinski definition) is 3. The van der Waals surface area contributed by atoms with Gasteiger partial charge in [-0.15, -0.1) is 0 Å². The van der Waals surface area contributed by atoms with E-state index in [1.54, 1.807) is 6.20 Å². The first-order chi connectivity index (χ1) is 6.75. The van der Waals surface area contributed by atoms with E-state index in [9.17, 15) is 0 Å². The predicted octanol–water partition coefficient (Wildman–Crippen LogP) is 1.66. The van der Waals surface area contributed by atoms with Crippen LogP contribution in [0, 0.1) is 0 Å². The molecule has 0 aliphatic heterocycles. The molecule has 0 aromatic carbocycles. The molecule has 0 fully saturated rings. The van der Waals surface area contributed by atoms with Crippen LogP contribution in [0.3, 0.4) is 0 Å². The fourth-order valence-electron chi connectivity index (χ4n) is 1.20. The zero-order valence-corrected chi connectivity index (χ0v) is 9.90. The second-order valence-corrected chi connectivity index (χ2v) is 4.69. The lowest BCUT2D eigenvalue weighted by atomic mass is 10.4. The van der Waals surface area contributed by atoms with Gasteiger partial charge in [-0.1, -0.05) is 19.1 Å². The molecule has 0 atom stereocenters. The fourth-order valence-corrected chi connectivity index (χ4v) is 1.99. The van der Waals surface area contributed by atoms with Gasteiger partial charge >= 0.3 is 0 Å². The fraction of sp³-hybridized carbons (Fsp3) is 0.556. The van der Waals surface area contributed by atoms with E-state index in [1.807, 2.05) is 22.5 Å². The lowest BCUT2D eigenvalue weighted by Crippen LogP contribution is -2.17. The van der Waals surface area contributed by atoms with Crippen molar-refractivity contribution in [3.8, 4) is 0 Å². The third kappa shape index (κ3) is 3.31. The van der Waals surface area contributed by atoms with E-state index >= 15 is 0 Å². The molecule has 3 nitrogen and oxygen atoms in total. The summed E-state index contributed by atoms with van der Waals surface area (Å²) in [4.78, 5) is 4.48. The smallest absolute Gasteiger partial charge is 0.167 e. The van der Waals surface area contributed by atoms with Gasteiger partial charge in [-0.05, 0) is 17.9 Å². The van der Waals surface area contributed by atoms with Crippen molar-refractivity contribution in [1.82, 2.24) is 9.55 Å². The van der Waals surface area contributed by atoms with Gasteiger partial charge in [0.05, 0.1) is 0 Å². The first-order valence-corrected chi connectivity index (χ1v) is 6.20. The number of nitrogens with two attached hydrogens (primary N) is 1. The van der Waals surface area contributed by atoms with Gasteiger partial charge < -0.3 is 10.3 Å². The van der Waals surface area contributed by atoms with E-state index in [4.69, 9.17) is 18.0 Å². The lowest BCUT2D eigenvalue weighted by Gasteiger charge is -2.05. The molecule has 0 saturated heterocycles. The van der Waals surface area contributed by atoms with Crippen molar-refractivity contribution < 1.29 is 0 Å². The van der Waals surface area contributed by atoms with Crippen LogP contribution in [0.4, 0.5) is 0 Å². The van der Waals surface area contributed by atoms with Gasteiger partial charge in [0.15, 0.2) is 5.82 Å². The molecule has 0 amide bonds. The van der Waals surface area contributed by atoms with Crippen LogP contribution in [0.1, 0.15) is 19.2 Å². The number of nitrogens with zero attached hydrogens (tertiary/aromatic N) is 2. The second kappa shape index (κ2) is 6.03. The molecule has 1 aromatic rings. The van der Waals surface area contributed by atoms with Crippen molar-refractivity contribution in [2.24, 2.45) is 5.73 Å². The van der Waals surface area contributed by atoms with Crippen LogP contribution in [0.25, 0.3) is 0 Å². The molecule has 2 N–H and O–H groups in total. The van der Waals surface area contributed by atoms with Crippen LogP contribution in [0.2, 0.25) is 0 Å². The Morgan fingerprint density at radius 1 is 1.71 bits per heavy atom. The Morgan fingerprint density at radius 3 is 3.14 bits per heavy atom. The maximum atomic E-state index is 5.53. The molecule has 0 spiro atoms. The van der Waals surface area contributed by atoms with Gasteiger partial charge in [-0.25, -0.2) is 4.98 Å². The normalized spacial score (nSPS) is 10.4. The average molecular weight is 229 g/mol. The highest BCUT2D eigenvalue weighted by Crippen LogP contribution is 2.04. The molecule has 1 rings (SSSR count). The minimum Gasteiger partial charge on any atom is -0.387 e. The Kier molecular flexibility index (Phi) is 4.97. The van der Waals surface area contributed by atoms with Gasteiger partial charge in [0.2, 0.25) is 0 Å². The molecule has 5 heteroatoms. The molecular formula is C9H15N3S2. The standard InChI is InChI=1S/C9H15N3S2/c1-2-14-7-3-5-12-6-4-11-9(12)8(10)13/h4,6H,2-3,5,7H2,1H3,(H2,10,13). The molecule has 1 heterocycles. The van der Waals surface area contributed by atoms with Crippen molar-refractivity contribution in [2.75, 3.05) is 11.5 Å². The van der Waals surface area contributed by atoms with Crippen LogP contribution in [0.15, 0.2) is 12.4 Å². The largest absolute Gasteiger partial charge is 0.387 e. The Bertz CT molecular complexity index is 296. The minimum absolute atomic E-state index is 0.373. The first kappa shape index (κ1) is 11.5. The minimum atomic E-state index is 0.373. The Hall–Kier alpha value is -0.550. The van der Waals surface area contributed by atoms with Crippen molar-refractivity contribution in [1.29, 1.82) is 0 Å².